The molecule has 0 N–H and O–H groups in total. The van der Waals surface area contributed by atoms with Gasteiger partial charge in [-0.25, -0.2) is 0 Å². The van der Waals surface area contributed by atoms with Crippen LogP contribution in [0.4, 0.5) is 0 Å². The fourth-order valence-corrected chi connectivity index (χ4v) is 4.21. The molecule has 2 aromatic carbocycles. The summed E-state index contributed by atoms with van der Waals surface area (Å²) in [7, 11) is 6.70. The molecule has 1 aliphatic rings. The van der Waals surface area contributed by atoms with Crippen LogP contribution in [0.2, 0.25) is 0 Å². The van der Waals surface area contributed by atoms with Crippen LogP contribution in [0.1, 0.15) is 49.7 Å². The van der Waals surface area contributed by atoms with Crippen LogP contribution in [0.3, 0.4) is 0 Å². The number of methoxy groups -OCH3 is 4. The third-order valence-corrected chi connectivity index (χ3v) is 6.10. The van der Waals surface area contributed by atoms with Crippen molar-refractivity contribution in [3.05, 3.63) is 53.6 Å². The van der Waals surface area contributed by atoms with Crippen molar-refractivity contribution in [2.45, 2.75) is 38.5 Å². The summed E-state index contributed by atoms with van der Waals surface area (Å²) < 4.78 is 21.9. The summed E-state index contributed by atoms with van der Waals surface area (Å²) in [6.45, 7) is 2.36. The zero-order valence-electron chi connectivity index (χ0n) is 18.2. The summed E-state index contributed by atoms with van der Waals surface area (Å²) in [4.78, 5) is 0. The monoisotopic (exact) mass is 396 g/mol. The highest BCUT2D eigenvalue weighted by atomic mass is 16.5. The molecule has 4 nitrogen and oxygen atoms in total. The summed E-state index contributed by atoms with van der Waals surface area (Å²) in [5.74, 6) is 3.54. The van der Waals surface area contributed by atoms with Crippen LogP contribution in [0.15, 0.2) is 42.5 Å². The number of allylic oxidation sites excluding steroid dienone is 1. The minimum Gasteiger partial charge on any atom is -0.497 e. The van der Waals surface area contributed by atoms with Crippen molar-refractivity contribution in [3.63, 3.8) is 0 Å². The van der Waals surface area contributed by atoms with Crippen LogP contribution in [0.25, 0.3) is 6.08 Å². The summed E-state index contributed by atoms with van der Waals surface area (Å²) in [5.41, 5.74) is 2.63. The molecule has 0 spiro atoms. The molecule has 3 rings (SSSR count). The second-order valence-corrected chi connectivity index (χ2v) is 7.96. The highest BCUT2D eigenvalue weighted by Gasteiger charge is 2.32. The van der Waals surface area contributed by atoms with Crippen molar-refractivity contribution in [1.29, 1.82) is 0 Å². The second kappa shape index (κ2) is 9.25. The molecule has 0 aromatic heterocycles. The first-order valence-corrected chi connectivity index (χ1v) is 10.2. The van der Waals surface area contributed by atoms with E-state index in [0.717, 1.165) is 37.2 Å². The van der Waals surface area contributed by atoms with Gasteiger partial charge in [-0.05, 0) is 60.8 Å². The number of ether oxygens (including phenoxy) is 4. The molecule has 0 radical (unpaired) electrons. The average Bonchev–Trinajstić information content (AvgIpc) is 2.77. The molecule has 29 heavy (non-hydrogen) atoms. The smallest absolute Gasteiger partial charge is 0.203 e. The molecular formula is C25H32O4. The van der Waals surface area contributed by atoms with E-state index in [-0.39, 0.29) is 5.41 Å². The maximum absolute atomic E-state index is 5.71. The SMILES string of the molecule is COc1ccc(/C=C/C2(C)CCC(c3ccc(OC)c(OC)c3OC)CC2)cc1. The Morgan fingerprint density at radius 1 is 0.793 bits per heavy atom. The van der Waals surface area contributed by atoms with Crippen molar-refractivity contribution >= 4 is 6.08 Å². The Balaban J connectivity index is 1.71. The van der Waals surface area contributed by atoms with E-state index in [1.165, 1.54) is 11.1 Å². The fourth-order valence-electron chi connectivity index (χ4n) is 4.21. The highest BCUT2D eigenvalue weighted by Crippen LogP contribution is 2.49. The second-order valence-electron chi connectivity index (χ2n) is 7.96. The first kappa shape index (κ1) is 21.1. The van der Waals surface area contributed by atoms with Crippen LogP contribution in [-0.4, -0.2) is 28.4 Å². The topological polar surface area (TPSA) is 36.9 Å². The van der Waals surface area contributed by atoms with E-state index in [1.807, 2.05) is 18.2 Å². The first-order valence-electron chi connectivity index (χ1n) is 10.2. The van der Waals surface area contributed by atoms with Crippen molar-refractivity contribution in [3.8, 4) is 23.0 Å². The normalized spacial score (nSPS) is 21.8. The Hall–Kier alpha value is -2.62. The van der Waals surface area contributed by atoms with Crippen LogP contribution < -0.4 is 18.9 Å². The molecule has 156 valence electrons. The molecule has 4 heteroatoms. The lowest BCUT2D eigenvalue weighted by Crippen LogP contribution is -2.22. The maximum Gasteiger partial charge on any atom is 0.203 e. The standard InChI is InChI=1S/C25H32O4/c1-25(15-12-18-6-8-20(26-2)9-7-18)16-13-19(14-17-25)21-10-11-22(27-3)24(29-5)23(21)28-4/h6-12,15,19H,13-14,16-17H2,1-5H3/b15-12+. The Labute approximate surface area is 174 Å². The molecule has 1 saturated carbocycles. The Kier molecular flexibility index (Phi) is 6.73. The summed E-state index contributed by atoms with van der Waals surface area (Å²) in [6, 6.07) is 12.3. The Morgan fingerprint density at radius 3 is 2.00 bits per heavy atom. The van der Waals surface area contributed by atoms with Gasteiger partial charge in [-0.2, -0.15) is 0 Å². The molecule has 1 aliphatic carbocycles. The summed E-state index contributed by atoms with van der Waals surface area (Å²) in [6.07, 6.45) is 9.13. The highest BCUT2D eigenvalue weighted by molar-refractivity contribution is 5.57. The van der Waals surface area contributed by atoms with E-state index in [1.54, 1.807) is 28.4 Å². The van der Waals surface area contributed by atoms with Crippen molar-refractivity contribution < 1.29 is 18.9 Å². The van der Waals surface area contributed by atoms with Gasteiger partial charge in [-0.1, -0.05) is 37.3 Å². The van der Waals surface area contributed by atoms with Gasteiger partial charge in [0.25, 0.3) is 0 Å². The third kappa shape index (κ3) is 4.69. The lowest BCUT2D eigenvalue weighted by atomic mass is 9.69. The van der Waals surface area contributed by atoms with Crippen molar-refractivity contribution in [1.82, 2.24) is 0 Å². The van der Waals surface area contributed by atoms with Gasteiger partial charge >= 0.3 is 0 Å². The van der Waals surface area contributed by atoms with Crippen molar-refractivity contribution in [2.75, 3.05) is 28.4 Å². The maximum atomic E-state index is 5.71. The van der Waals surface area contributed by atoms with Crippen molar-refractivity contribution in [2.24, 2.45) is 5.41 Å². The van der Waals surface area contributed by atoms with E-state index in [0.29, 0.717) is 17.4 Å². The summed E-state index contributed by atoms with van der Waals surface area (Å²) >= 11 is 0. The zero-order chi connectivity index (χ0) is 20.9. The molecule has 0 saturated heterocycles. The van der Waals surface area contributed by atoms with Gasteiger partial charge in [0.2, 0.25) is 5.75 Å². The predicted molar refractivity (Wildman–Crippen MR) is 117 cm³/mol. The third-order valence-electron chi connectivity index (χ3n) is 6.10. The zero-order valence-corrected chi connectivity index (χ0v) is 18.2. The number of hydrogen-bond acceptors (Lipinski definition) is 4. The summed E-state index contributed by atoms with van der Waals surface area (Å²) in [5, 5.41) is 0. The number of hydrogen-bond donors (Lipinski definition) is 0. The van der Waals surface area contributed by atoms with Gasteiger partial charge in [0.1, 0.15) is 5.75 Å². The quantitative estimate of drug-likeness (QED) is 0.567. The van der Waals surface area contributed by atoms with Gasteiger partial charge in [-0.3, -0.25) is 0 Å². The van der Waals surface area contributed by atoms with Gasteiger partial charge in [-0.15, -0.1) is 0 Å². The predicted octanol–water partition coefficient (Wildman–Crippen LogP) is 6.10. The van der Waals surface area contributed by atoms with Gasteiger partial charge in [0.15, 0.2) is 11.5 Å². The largest absolute Gasteiger partial charge is 0.497 e. The Morgan fingerprint density at radius 2 is 1.45 bits per heavy atom. The molecule has 0 heterocycles. The molecule has 2 aromatic rings. The average molecular weight is 397 g/mol. The van der Waals surface area contributed by atoms with E-state index in [4.69, 9.17) is 18.9 Å². The molecule has 0 aliphatic heterocycles. The minimum absolute atomic E-state index is 0.209. The molecule has 0 amide bonds. The lowest BCUT2D eigenvalue weighted by Gasteiger charge is -2.36. The van der Waals surface area contributed by atoms with Crippen LogP contribution in [-0.2, 0) is 0 Å². The fraction of sp³-hybridized carbons (Fsp3) is 0.440. The number of benzene rings is 2. The number of rotatable bonds is 7. The lowest BCUT2D eigenvalue weighted by molar-refractivity contribution is 0.257. The van der Waals surface area contributed by atoms with Crippen LogP contribution >= 0.6 is 0 Å². The van der Waals surface area contributed by atoms with Crippen LogP contribution in [0, 0.1) is 5.41 Å². The van der Waals surface area contributed by atoms with E-state index >= 15 is 0 Å². The first-order chi connectivity index (χ1) is 14.0. The minimum atomic E-state index is 0.209. The van der Waals surface area contributed by atoms with Crippen LogP contribution in [0.5, 0.6) is 23.0 Å². The van der Waals surface area contributed by atoms with Gasteiger partial charge in [0, 0.05) is 5.56 Å². The van der Waals surface area contributed by atoms with E-state index < -0.39 is 0 Å². The van der Waals surface area contributed by atoms with Gasteiger partial charge in [0.05, 0.1) is 28.4 Å². The molecule has 0 bridgehead atoms. The molecule has 1 fully saturated rings. The molecular weight excluding hydrogens is 364 g/mol. The van der Waals surface area contributed by atoms with E-state index in [2.05, 4.69) is 37.3 Å². The molecule has 0 atom stereocenters. The molecule has 0 unspecified atom stereocenters. The van der Waals surface area contributed by atoms with Gasteiger partial charge < -0.3 is 18.9 Å². The van der Waals surface area contributed by atoms with E-state index in [9.17, 15) is 0 Å². The Bertz CT molecular complexity index is 831.